The third kappa shape index (κ3) is 6.47. The van der Waals surface area contributed by atoms with Gasteiger partial charge in [-0.05, 0) is 24.3 Å². The van der Waals surface area contributed by atoms with Crippen LogP contribution >= 0.6 is 11.6 Å². The molecule has 0 unspecified atom stereocenters. The van der Waals surface area contributed by atoms with Crippen molar-refractivity contribution in [3.63, 3.8) is 0 Å². The fraction of sp³-hybridized carbons (Fsp3) is 0.176. The highest BCUT2D eigenvalue weighted by atomic mass is 35.5. The first-order valence-corrected chi connectivity index (χ1v) is 8.12. The molecular formula is C17H14ClF2N3O5. The number of carbonyl (C=O) groups excluding carboxylic acids is 3. The number of carbonyl (C=O) groups is 3. The zero-order chi connectivity index (χ0) is 20.5. The number of pyridine rings is 1. The number of nitrogens with one attached hydrogen (secondary N) is 2. The predicted octanol–water partition coefficient (Wildman–Crippen LogP) is 2.25. The van der Waals surface area contributed by atoms with Gasteiger partial charge in [0.2, 0.25) is 0 Å². The quantitative estimate of drug-likeness (QED) is 0.508. The minimum Gasteiger partial charge on any atom is -0.454 e. The number of ether oxygens (including phenoxy) is 2. The van der Waals surface area contributed by atoms with Gasteiger partial charge in [0.25, 0.3) is 11.8 Å². The van der Waals surface area contributed by atoms with Crippen LogP contribution in [0.5, 0.6) is 5.75 Å². The zero-order valence-electron chi connectivity index (χ0n) is 14.2. The van der Waals surface area contributed by atoms with Crippen molar-refractivity contribution in [1.82, 2.24) is 10.3 Å². The van der Waals surface area contributed by atoms with Gasteiger partial charge in [-0.2, -0.15) is 8.78 Å². The van der Waals surface area contributed by atoms with Crippen molar-refractivity contribution in [1.29, 1.82) is 0 Å². The van der Waals surface area contributed by atoms with Crippen LogP contribution in [0.2, 0.25) is 5.15 Å². The van der Waals surface area contributed by atoms with Crippen LogP contribution in [-0.2, 0) is 14.3 Å². The minimum atomic E-state index is -3.11. The average molecular weight is 414 g/mol. The molecule has 11 heteroatoms. The van der Waals surface area contributed by atoms with Crippen LogP contribution in [0.15, 0.2) is 42.6 Å². The Bertz CT molecular complexity index is 866. The highest BCUT2D eigenvalue weighted by molar-refractivity contribution is 6.32. The summed E-state index contributed by atoms with van der Waals surface area (Å²) in [6, 6.07) is 8.36. The molecule has 0 spiro atoms. The van der Waals surface area contributed by atoms with Crippen LogP contribution in [0.4, 0.5) is 14.5 Å². The van der Waals surface area contributed by atoms with Gasteiger partial charge < -0.3 is 20.1 Å². The van der Waals surface area contributed by atoms with Gasteiger partial charge >= 0.3 is 12.6 Å². The number of anilines is 1. The molecule has 0 saturated carbocycles. The average Bonchev–Trinajstić information content (AvgIpc) is 2.66. The third-order valence-corrected chi connectivity index (χ3v) is 3.44. The molecule has 2 amide bonds. The number of hydrogen-bond donors (Lipinski definition) is 2. The van der Waals surface area contributed by atoms with Crippen LogP contribution in [0.3, 0.4) is 0 Å². The lowest BCUT2D eigenvalue weighted by atomic mass is 10.2. The number of alkyl halides is 2. The van der Waals surface area contributed by atoms with Crippen LogP contribution in [0.1, 0.15) is 10.4 Å². The third-order valence-electron chi connectivity index (χ3n) is 3.14. The maximum absolute atomic E-state index is 12.4. The molecule has 0 radical (unpaired) electrons. The summed E-state index contributed by atoms with van der Waals surface area (Å²) in [6.45, 7) is -4.31. The number of aromatic nitrogens is 1. The van der Waals surface area contributed by atoms with E-state index in [2.05, 4.69) is 20.4 Å². The first kappa shape index (κ1) is 21.0. The molecule has 0 aliphatic carbocycles. The first-order valence-electron chi connectivity index (χ1n) is 7.75. The van der Waals surface area contributed by atoms with E-state index in [-0.39, 0.29) is 22.2 Å². The van der Waals surface area contributed by atoms with E-state index in [1.165, 1.54) is 36.5 Å². The Morgan fingerprint density at radius 1 is 1.14 bits per heavy atom. The monoisotopic (exact) mass is 413 g/mol. The number of benzene rings is 1. The maximum Gasteiger partial charge on any atom is 0.387 e. The summed E-state index contributed by atoms with van der Waals surface area (Å²) < 4.78 is 33.7. The highest BCUT2D eigenvalue weighted by Gasteiger charge is 2.17. The van der Waals surface area contributed by atoms with Crippen molar-refractivity contribution in [2.45, 2.75) is 6.61 Å². The number of rotatable bonds is 8. The van der Waals surface area contributed by atoms with Crippen molar-refractivity contribution in [3.8, 4) is 5.75 Å². The molecule has 2 N–H and O–H groups in total. The van der Waals surface area contributed by atoms with E-state index < -0.39 is 37.5 Å². The summed E-state index contributed by atoms with van der Waals surface area (Å²) in [4.78, 5) is 39.2. The molecule has 0 saturated heterocycles. The lowest BCUT2D eigenvalue weighted by Crippen LogP contribution is -2.32. The molecule has 2 rings (SSSR count). The molecule has 0 fully saturated rings. The van der Waals surface area contributed by atoms with Crippen LogP contribution in [-0.4, -0.2) is 42.5 Å². The second-order valence-corrected chi connectivity index (χ2v) is 5.47. The molecular weight excluding hydrogens is 400 g/mol. The summed E-state index contributed by atoms with van der Waals surface area (Å²) in [5.41, 5.74) is 0.0636. The van der Waals surface area contributed by atoms with E-state index in [4.69, 9.17) is 16.3 Å². The number of nitrogens with zero attached hydrogens (tertiary/aromatic N) is 1. The maximum atomic E-state index is 12.4. The van der Waals surface area contributed by atoms with Gasteiger partial charge in [0.1, 0.15) is 12.3 Å². The SMILES string of the molecule is O=C(COC(=O)CNC(=O)c1ccccc1OC(F)F)Nc1cccnc1Cl. The van der Waals surface area contributed by atoms with Crippen LogP contribution < -0.4 is 15.4 Å². The summed E-state index contributed by atoms with van der Waals surface area (Å²) in [5.74, 6) is -2.73. The minimum absolute atomic E-state index is 0.0686. The van der Waals surface area contributed by atoms with E-state index in [0.717, 1.165) is 0 Å². The Balaban J connectivity index is 1.80. The first-order chi connectivity index (χ1) is 13.4. The second-order valence-electron chi connectivity index (χ2n) is 5.11. The van der Waals surface area contributed by atoms with Crippen molar-refractivity contribution in [2.24, 2.45) is 0 Å². The molecule has 1 heterocycles. The van der Waals surface area contributed by atoms with E-state index in [1.54, 1.807) is 6.07 Å². The Labute approximate surface area is 162 Å². The molecule has 0 bridgehead atoms. The lowest BCUT2D eigenvalue weighted by molar-refractivity contribution is -0.146. The summed E-state index contributed by atoms with van der Waals surface area (Å²) in [6.07, 6.45) is 1.44. The van der Waals surface area contributed by atoms with E-state index in [9.17, 15) is 23.2 Å². The summed E-state index contributed by atoms with van der Waals surface area (Å²) >= 11 is 5.78. The standard InChI is InChI=1S/C17H14ClF2N3O5/c18-15-11(5-3-7-21-15)23-13(24)9-27-14(25)8-22-16(26)10-4-1-2-6-12(10)28-17(19)20/h1-7,17H,8-9H2,(H,22,26)(H,23,24). The van der Waals surface area contributed by atoms with Crippen molar-refractivity contribution in [2.75, 3.05) is 18.5 Å². The Morgan fingerprint density at radius 3 is 2.61 bits per heavy atom. The molecule has 8 nitrogen and oxygen atoms in total. The lowest BCUT2D eigenvalue weighted by Gasteiger charge is -2.11. The van der Waals surface area contributed by atoms with E-state index in [0.29, 0.717) is 0 Å². The van der Waals surface area contributed by atoms with Crippen molar-refractivity contribution < 1.29 is 32.6 Å². The van der Waals surface area contributed by atoms with Gasteiger partial charge in [0.05, 0.1) is 11.3 Å². The topological polar surface area (TPSA) is 107 Å². The highest BCUT2D eigenvalue weighted by Crippen LogP contribution is 2.20. The van der Waals surface area contributed by atoms with Crippen molar-refractivity contribution in [3.05, 3.63) is 53.3 Å². The molecule has 0 atom stereocenters. The predicted molar refractivity (Wildman–Crippen MR) is 94.2 cm³/mol. The normalized spacial score (nSPS) is 10.3. The summed E-state index contributed by atoms with van der Waals surface area (Å²) in [7, 11) is 0. The molecule has 1 aromatic heterocycles. The second kappa shape index (κ2) is 10.2. The van der Waals surface area contributed by atoms with Gasteiger partial charge in [-0.25, -0.2) is 4.98 Å². The number of para-hydroxylation sites is 1. The summed E-state index contributed by atoms with van der Waals surface area (Å²) in [5, 5.41) is 4.66. The Morgan fingerprint density at radius 2 is 1.89 bits per heavy atom. The molecule has 28 heavy (non-hydrogen) atoms. The van der Waals surface area contributed by atoms with E-state index >= 15 is 0 Å². The molecule has 2 aromatic rings. The smallest absolute Gasteiger partial charge is 0.387 e. The number of hydrogen-bond acceptors (Lipinski definition) is 6. The van der Waals surface area contributed by atoms with Gasteiger partial charge in [-0.1, -0.05) is 23.7 Å². The largest absolute Gasteiger partial charge is 0.454 e. The van der Waals surface area contributed by atoms with E-state index in [1.807, 2.05) is 0 Å². The Hall–Kier alpha value is -3.27. The van der Waals surface area contributed by atoms with Gasteiger partial charge in [-0.3, -0.25) is 14.4 Å². The van der Waals surface area contributed by atoms with Crippen LogP contribution in [0, 0.1) is 0 Å². The molecule has 1 aromatic carbocycles. The molecule has 0 aliphatic rings. The van der Waals surface area contributed by atoms with Crippen molar-refractivity contribution >= 4 is 35.1 Å². The number of amides is 2. The number of halogens is 3. The van der Waals surface area contributed by atoms with Gasteiger partial charge in [-0.15, -0.1) is 0 Å². The van der Waals surface area contributed by atoms with Gasteiger partial charge in [0.15, 0.2) is 11.8 Å². The molecule has 148 valence electrons. The van der Waals surface area contributed by atoms with Gasteiger partial charge in [0, 0.05) is 6.20 Å². The fourth-order valence-electron chi connectivity index (χ4n) is 1.96. The number of esters is 1. The fourth-order valence-corrected chi connectivity index (χ4v) is 2.13. The zero-order valence-corrected chi connectivity index (χ0v) is 14.9. The Kier molecular flexibility index (Phi) is 7.64. The molecule has 0 aliphatic heterocycles. The van der Waals surface area contributed by atoms with Crippen LogP contribution in [0.25, 0.3) is 0 Å².